The maximum atomic E-state index is 12.1. The molecule has 9 nitrogen and oxygen atoms in total. The van der Waals surface area contributed by atoms with Crippen molar-refractivity contribution >= 4 is 13.6 Å². The van der Waals surface area contributed by atoms with Gasteiger partial charge < -0.3 is 29.3 Å². The second-order valence-electron chi connectivity index (χ2n) is 5.48. The third-order valence-corrected chi connectivity index (χ3v) is 4.18. The molecule has 3 atom stereocenters. The van der Waals surface area contributed by atoms with Gasteiger partial charge in [0.15, 0.2) is 6.23 Å². The number of methoxy groups -OCH3 is 1. The Bertz CT molecular complexity index is 559. The van der Waals surface area contributed by atoms with Crippen molar-refractivity contribution in [3.8, 4) is 0 Å². The van der Waals surface area contributed by atoms with E-state index in [1.807, 2.05) is 6.92 Å². The van der Waals surface area contributed by atoms with Crippen LogP contribution in [0.5, 0.6) is 0 Å². The van der Waals surface area contributed by atoms with Crippen LogP contribution < -0.4 is 5.32 Å². The molecule has 2 amide bonds. The van der Waals surface area contributed by atoms with Gasteiger partial charge in [0.25, 0.3) is 0 Å². The fraction of sp³-hybridized carbons (Fsp3) is 0.615. The molecule has 130 valence electrons. The summed E-state index contributed by atoms with van der Waals surface area (Å²) in [6.07, 6.45) is -0.149. The zero-order valence-electron chi connectivity index (χ0n) is 13.0. The molecule has 2 rings (SSSR count). The Balaban J connectivity index is 2.03. The van der Waals surface area contributed by atoms with Crippen LogP contribution in [0.2, 0.25) is 0 Å². The Labute approximate surface area is 134 Å². The van der Waals surface area contributed by atoms with Gasteiger partial charge in [-0.15, -0.1) is 0 Å². The molecule has 0 bridgehead atoms. The van der Waals surface area contributed by atoms with Crippen LogP contribution in [0.1, 0.15) is 6.92 Å². The molecular weight excluding hydrogens is 327 g/mol. The second kappa shape index (κ2) is 7.12. The minimum Gasteiger partial charge on any atom is -0.376 e. The number of carbonyl (C=O) groups is 1. The van der Waals surface area contributed by atoms with Gasteiger partial charge in [0, 0.05) is 24.9 Å². The Kier molecular flexibility index (Phi) is 5.61. The minimum atomic E-state index is -4.21. The number of carbonyl (C=O) groups excluding carboxylic acids is 1. The Hall–Kier alpha value is -1.22. The smallest absolute Gasteiger partial charge is 0.350 e. The van der Waals surface area contributed by atoms with Crippen molar-refractivity contribution < 1.29 is 33.4 Å². The number of amides is 2. The number of ether oxygens (including phenoxy) is 3. The highest BCUT2D eigenvalue weighted by Gasteiger charge is 2.43. The van der Waals surface area contributed by atoms with Crippen LogP contribution >= 0.6 is 7.60 Å². The molecule has 0 saturated carbocycles. The predicted octanol–water partition coefficient (Wildman–Crippen LogP) is 0.568. The van der Waals surface area contributed by atoms with Crippen LogP contribution in [0.25, 0.3) is 0 Å². The fourth-order valence-electron chi connectivity index (χ4n) is 2.48. The van der Waals surface area contributed by atoms with Gasteiger partial charge in [-0.2, -0.15) is 0 Å². The summed E-state index contributed by atoms with van der Waals surface area (Å²) in [5.41, 5.74) is 1.32. The molecule has 2 aliphatic heterocycles. The first-order valence-corrected chi connectivity index (χ1v) is 8.76. The van der Waals surface area contributed by atoms with Gasteiger partial charge in [-0.1, -0.05) is 6.58 Å². The molecule has 1 fully saturated rings. The largest absolute Gasteiger partial charge is 0.376 e. The van der Waals surface area contributed by atoms with E-state index < -0.39 is 26.3 Å². The van der Waals surface area contributed by atoms with Gasteiger partial charge in [0.05, 0.1) is 13.2 Å². The van der Waals surface area contributed by atoms with Gasteiger partial charge in [-0.3, -0.25) is 9.46 Å². The zero-order chi connectivity index (χ0) is 17.2. The normalized spacial score (nSPS) is 28.8. The average molecular weight is 348 g/mol. The molecule has 0 aromatic carbocycles. The molecular formula is C13H21N2O7P. The van der Waals surface area contributed by atoms with Crippen LogP contribution in [-0.2, 0) is 18.8 Å². The maximum absolute atomic E-state index is 12.1. The number of nitrogens with one attached hydrogen (secondary N) is 1. The summed E-state index contributed by atoms with van der Waals surface area (Å²) in [4.78, 5) is 31.1. The standard InChI is InChI=1S/C13H21N2O7P/c1-8-4-15(13(16)14-9(8)2)12-11(20-3)10(6-22-12)5-21-7-23(17,18)19/h4,10-12H,2,5-7H2,1,3H3,(H,14,16)(H2,17,18,19)/t10-,11+,12+/m0/s1. The first kappa shape index (κ1) is 18.1. The van der Waals surface area contributed by atoms with Gasteiger partial charge in [0.2, 0.25) is 0 Å². The first-order chi connectivity index (χ1) is 10.7. The molecule has 23 heavy (non-hydrogen) atoms. The highest BCUT2D eigenvalue weighted by atomic mass is 31.2. The zero-order valence-corrected chi connectivity index (χ0v) is 13.9. The van der Waals surface area contributed by atoms with Gasteiger partial charge in [-0.25, -0.2) is 4.79 Å². The van der Waals surface area contributed by atoms with E-state index >= 15 is 0 Å². The molecule has 0 unspecified atom stereocenters. The van der Waals surface area contributed by atoms with Gasteiger partial charge in [-0.05, 0) is 12.5 Å². The molecule has 0 aromatic heterocycles. The molecule has 3 N–H and O–H groups in total. The highest BCUT2D eigenvalue weighted by molar-refractivity contribution is 7.51. The van der Waals surface area contributed by atoms with Crippen LogP contribution in [0, 0.1) is 5.92 Å². The third kappa shape index (κ3) is 4.41. The molecule has 2 aliphatic rings. The van der Waals surface area contributed by atoms with E-state index in [-0.39, 0.29) is 25.2 Å². The van der Waals surface area contributed by atoms with Crippen molar-refractivity contribution in [2.75, 3.05) is 26.7 Å². The number of allylic oxidation sites excluding steroid dienone is 1. The number of nitrogens with zero attached hydrogens (tertiary/aromatic N) is 1. The van der Waals surface area contributed by atoms with Crippen molar-refractivity contribution in [1.29, 1.82) is 0 Å². The number of hydrogen-bond acceptors (Lipinski definition) is 5. The monoisotopic (exact) mass is 348 g/mol. The van der Waals surface area contributed by atoms with E-state index in [1.165, 1.54) is 12.0 Å². The van der Waals surface area contributed by atoms with Gasteiger partial charge >= 0.3 is 13.6 Å². The molecule has 0 aliphatic carbocycles. The molecule has 1 saturated heterocycles. The quantitative estimate of drug-likeness (QED) is 0.601. The van der Waals surface area contributed by atoms with Crippen molar-refractivity contribution in [3.63, 3.8) is 0 Å². The molecule has 0 aromatic rings. The maximum Gasteiger partial charge on any atom is 0.350 e. The summed E-state index contributed by atoms with van der Waals surface area (Å²) in [5.74, 6) is -0.247. The highest BCUT2D eigenvalue weighted by Crippen LogP contribution is 2.35. The molecule has 0 radical (unpaired) electrons. The number of urea groups is 1. The van der Waals surface area contributed by atoms with Crippen LogP contribution in [0.3, 0.4) is 0 Å². The second-order valence-corrected chi connectivity index (χ2v) is 7.06. The first-order valence-electron chi connectivity index (χ1n) is 6.96. The topological polar surface area (TPSA) is 118 Å². The summed E-state index contributed by atoms with van der Waals surface area (Å²) in [6, 6.07) is -0.371. The van der Waals surface area contributed by atoms with E-state index in [0.29, 0.717) is 5.70 Å². The molecule has 10 heteroatoms. The van der Waals surface area contributed by atoms with Crippen molar-refractivity contribution in [2.24, 2.45) is 5.92 Å². The minimum absolute atomic E-state index is 0.0605. The summed E-state index contributed by atoms with van der Waals surface area (Å²) >= 11 is 0. The van der Waals surface area contributed by atoms with E-state index in [4.69, 9.17) is 24.0 Å². The lowest BCUT2D eigenvalue weighted by molar-refractivity contribution is -0.0523. The van der Waals surface area contributed by atoms with E-state index in [1.54, 1.807) is 6.20 Å². The van der Waals surface area contributed by atoms with E-state index in [2.05, 4.69) is 11.9 Å². The van der Waals surface area contributed by atoms with Gasteiger partial charge in [0.1, 0.15) is 12.5 Å². The Morgan fingerprint density at radius 3 is 2.87 bits per heavy atom. The lowest BCUT2D eigenvalue weighted by atomic mass is 10.1. The Morgan fingerprint density at radius 2 is 2.26 bits per heavy atom. The summed E-state index contributed by atoms with van der Waals surface area (Å²) in [6.45, 7) is 5.86. The van der Waals surface area contributed by atoms with Crippen molar-refractivity contribution in [1.82, 2.24) is 10.2 Å². The van der Waals surface area contributed by atoms with Crippen LogP contribution in [0.15, 0.2) is 24.0 Å². The lowest BCUT2D eigenvalue weighted by Gasteiger charge is -2.33. The lowest BCUT2D eigenvalue weighted by Crippen LogP contribution is -2.50. The van der Waals surface area contributed by atoms with Crippen LogP contribution in [-0.4, -0.2) is 59.7 Å². The van der Waals surface area contributed by atoms with Crippen molar-refractivity contribution in [2.45, 2.75) is 19.3 Å². The van der Waals surface area contributed by atoms with Crippen LogP contribution in [0.4, 0.5) is 4.79 Å². The molecule has 0 spiro atoms. The number of rotatable bonds is 6. The Morgan fingerprint density at radius 1 is 1.57 bits per heavy atom. The predicted molar refractivity (Wildman–Crippen MR) is 80.2 cm³/mol. The summed E-state index contributed by atoms with van der Waals surface area (Å²) in [7, 11) is -2.73. The number of hydrogen-bond donors (Lipinski definition) is 3. The van der Waals surface area contributed by atoms with Crippen molar-refractivity contribution in [3.05, 3.63) is 24.0 Å². The molecule has 2 heterocycles. The summed E-state index contributed by atoms with van der Waals surface area (Å²) < 4.78 is 26.9. The van der Waals surface area contributed by atoms with E-state index in [0.717, 1.165) is 5.57 Å². The van der Waals surface area contributed by atoms with E-state index in [9.17, 15) is 9.36 Å². The fourth-order valence-corrected chi connectivity index (χ4v) is 2.83. The summed E-state index contributed by atoms with van der Waals surface area (Å²) in [5, 5.41) is 2.63. The SMILES string of the molecule is C=C1NC(=O)N([C@@H]2OC[C@H](COCP(=O)(O)O)[C@H]2OC)C=C1C. The third-order valence-electron chi connectivity index (χ3n) is 3.67. The average Bonchev–Trinajstić information content (AvgIpc) is 2.84.